The lowest BCUT2D eigenvalue weighted by atomic mass is 9.83. The number of piperidine rings is 1. The Morgan fingerprint density at radius 1 is 1.21 bits per heavy atom. The number of carbonyl (C=O) groups excluding carboxylic acids is 1. The first-order valence-corrected chi connectivity index (χ1v) is 11.0. The van der Waals surface area contributed by atoms with Crippen LogP contribution in [0.5, 0.6) is 0 Å². The van der Waals surface area contributed by atoms with Crippen LogP contribution in [0.25, 0.3) is 0 Å². The highest BCUT2D eigenvalue weighted by atomic mass is 16.5. The Bertz CT molecular complexity index is 787. The minimum atomic E-state index is 0.137. The number of methoxy groups -OCH3 is 1. The first-order chi connectivity index (χ1) is 14.0. The summed E-state index contributed by atoms with van der Waals surface area (Å²) in [4.78, 5) is 32.4. The fraction of sp³-hybridized carbons (Fsp3) is 0.727. The number of fused-ring (bicyclic) bond motifs is 4. The maximum absolute atomic E-state index is 13.1. The van der Waals surface area contributed by atoms with Crippen LogP contribution in [0.2, 0.25) is 0 Å². The van der Waals surface area contributed by atoms with Gasteiger partial charge in [-0.2, -0.15) is 0 Å². The molecule has 2 saturated heterocycles. The topological polar surface area (TPSA) is 58.0 Å². The highest BCUT2D eigenvalue weighted by Gasteiger charge is 2.37. The van der Waals surface area contributed by atoms with Gasteiger partial charge in [0.1, 0.15) is 0 Å². The molecule has 4 rings (SSSR count). The van der Waals surface area contributed by atoms with Crippen molar-refractivity contribution in [3.8, 4) is 0 Å². The molecule has 4 heterocycles. The average Bonchev–Trinajstić information content (AvgIpc) is 3.21. The SMILES string of the molecule is COCCN(C)Cc1ccc2n(c1=O)C[C@H]1C[C@@H]2CN(C(=O)CN2CCCC2)C1. The molecule has 2 fully saturated rings. The zero-order valence-electron chi connectivity index (χ0n) is 17.8. The number of amides is 1. The number of likely N-dealkylation sites (N-methyl/N-ethyl adjacent to an activating group) is 1. The number of hydrogen-bond acceptors (Lipinski definition) is 5. The van der Waals surface area contributed by atoms with Crippen molar-refractivity contribution in [2.45, 2.75) is 38.3 Å². The maximum atomic E-state index is 13.1. The summed E-state index contributed by atoms with van der Waals surface area (Å²) in [6, 6.07) is 4.11. The fourth-order valence-electron chi connectivity index (χ4n) is 5.16. The van der Waals surface area contributed by atoms with Crippen molar-refractivity contribution in [1.82, 2.24) is 19.3 Å². The summed E-state index contributed by atoms with van der Waals surface area (Å²) in [6.07, 6.45) is 3.50. The van der Waals surface area contributed by atoms with Gasteiger partial charge in [-0.3, -0.25) is 19.4 Å². The van der Waals surface area contributed by atoms with E-state index in [1.807, 2.05) is 17.7 Å². The molecule has 2 bridgehead atoms. The van der Waals surface area contributed by atoms with Crippen LogP contribution in [0.1, 0.15) is 36.4 Å². The standard InChI is InChI=1S/C22H34N4O3/c1-23(9-10-29-2)14-18-5-6-20-19-11-17(13-26(20)22(18)28)12-25(15-19)21(27)16-24-7-3-4-8-24/h5-6,17,19H,3-4,7-16H2,1-2H3/t17-,19+/m0/s1. The molecule has 2 atom stereocenters. The van der Waals surface area contributed by atoms with Crippen LogP contribution in [0, 0.1) is 5.92 Å². The number of nitrogens with zero attached hydrogens (tertiary/aromatic N) is 4. The van der Waals surface area contributed by atoms with E-state index in [1.54, 1.807) is 7.11 Å². The molecule has 0 radical (unpaired) electrons. The van der Waals surface area contributed by atoms with Gasteiger partial charge in [0.25, 0.3) is 5.56 Å². The molecule has 1 aromatic heterocycles. The molecule has 7 heteroatoms. The van der Waals surface area contributed by atoms with E-state index in [1.165, 1.54) is 12.8 Å². The summed E-state index contributed by atoms with van der Waals surface area (Å²) in [5.74, 6) is 0.912. The van der Waals surface area contributed by atoms with Gasteiger partial charge in [-0.05, 0) is 51.4 Å². The van der Waals surface area contributed by atoms with Crippen molar-refractivity contribution in [1.29, 1.82) is 0 Å². The Morgan fingerprint density at radius 3 is 2.76 bits per heavy atom. The van der Waals surface area contributed by atoms with Gasteiger partial charge in [0, 0.05) is 57.0 Å². The smallest absolute Gasteiger partial charge is 0.255 e. The largest absolute Gasteiger partial charge is 0.383 e. The van der Waals surface area contributed by atoms with Crippen LogP contribution >= 0.6 is 0 Å². The third kappa shape index (κ3) is 4.57. The van der Waals surface area contributed by atoms with Gasteiger partial charge in [-0.25, -0.2) is 0 Å². The Kier molecular flexibility index (Phi) is 6.37. The number of hydrogen-bond donors (Lipinski definition) is 0. The lowest BCUT2D eigenvalue weighted by Crippen LogP contribution is -2.51. The molecule has 0 aromatic carbocycles. The van der Waals surface area contributed by atoms with E-state index in [2.05, 4.69) is 20.8 Å². The minimum Gasteiger partial charge on any atom is -0.383 e. The van der Waals surface area contributed by atoms with Gasteiger partial charge in [-0.1, -0.05) is 6.07 Å². The monoisotopic (exact) mass is 402 g/mol. The Hall–Kier alpha value is -1.70. The van der Waals surface area contributed by atoms with Gasteiger partial charge in [0.15, 0.2) is 0 Å². The normalized spacial score (nSPS) is 24.2. The second-order valence-electron chi connectivity index (χ2n) is 9.01. The molecule has 3 aliphatic heterocycles. The number of carbonyl (C=O) groups is 1. The van der Waals surface area contributed by atoms with E-state index in [9.17, 15) is 9.59 Å². The van der Waals surface area contributed by atoms with Gasteiger partial charge >= 0.3 is 0 Å². The molecule has 0 aliphatic carbocycles. The van der Waals surface area contributed by atoms with Crippen LogP contribution < -0.4 is 5.56 Å². The predicted molar refractivity (Wildman–Crippen MR) is 112 cm³/mol. The molecule has 0 spiro atoms. The number of rotatable bonds is 7. The molecule has 1 amide bonds. The summed E-state index contributed by atoms with van der Waals surface area (Å²) in [7, 11) is 3.71. The molecule has 160 valence electrons. The third-order valence-corrected chi connectivity index (χ3v) is 6.71. The Morgan fingerprint density at radius 2 is 2.00 bits per heavy atom. The summed E-state index contributed by atoms with van der Waals surface area (Å²) >= 11 is 0. The van der Waals surface area contributed by atoms with E-state index in [0.29, 0.717) is 25.6 Å². The minimum absolute atomic E-state index is 0.137. The lowest BCUT2D eigenvalue weighted by molar-refractivity contribution is -0.134. The Labute approximate surface area is 173 Å². The summed E-state index contributed by atoms with van der Waals surface area (Å²) in [6.45, 7) is 7.01. The summed E-state index contributed by atoms with van der Waals surface area (Å²) < 4.78 is 7.12. The van der Waals surface area contributed by atoms with E-state index < -0.39 is 0 Å². The van der Waals surface area contributed by atoms with Crippen molar-refractivity contribution >= 4 is 5.91 Å². The fourth-order valence-corrected chi connectivity index (χ4v) is 5.16. The first kappa shape index (κ1) is 20.6. The lowest BCUT2D eigenvalue weighted by Gasteiger charge is -2.43. The quantitative estimate of drug-likeness (QED) is 0.680. The molecule has 0 N–H and O–H groups in total. The number of ether oxygens (including phenoxy) is 1. The zero-order valence-corrected chi connectivity index (χ0v) is 17.8. The van der Waals surface area contributed by atoms with Gasteiger partial charge in [-0.15, -0.1) is 0 Å². The van der Waals surface area contributed by atoms with Crippen molar-refractivity contribution in [2.75, 3.05) is 60.0 Å². The molecular weight excluding hydrogens is 368 g/mol. The molecular formula is C22H34N4O3. The molecule has 1 aromatic rings. The van der Waals surface area contributed by atoms with E-state index >= 15 is 0 Å². The van der Waals surface area contributed by atoms with E-state index in [0.717, 1.165) is 56.9 Å². The van der Waals surface area contributed by atoms with Gasteiger partial charge < -0.3 is 14.2 Å². The molecule has 29 heavy (non-hydrogen) atoms. The average molecular weight is 403 g/mol. The molecule has 3 aliphatic rings. The van der Waals surface area contributed by atoms with Crippen molar-refractivity contribution in [3.63, 3.8) is 0 Å². The van der Waals surface area contributed by atoms with Crippen molar-refractivity contribution in [2.24, 2.45) is 5.92 Å². The van der Waals surface area contributed by atoms with Crippen LogP contribution in [0.3, 0.4) is 0 Å². The first-order valence-electron chi connectivity index (χ1n) is 11.0. The van der Waals surface area contributed by atoms with Gasteiger partial charge in [0.2, 0.25) is 5.91 Å². The number of aromatic nitrogens is 1. The second kappa shape index (κ2) is 8.98. The Balaban J connectivity index is 1.45. The van der Waals surface area contributed by atoms with Crippen LogP contribution in [-0.2, 0) is 22.6 Å². The molecule has 0 unspecified atom stereocenters. The molecule has 0 saturated carbocycles. The van der Waals surface area contributed by atoms with E-state index in [-0.39, 0.29) is 17.4 Å². The van der Waals surface area contributed by atoms with Crippen molar-refractivity contribution < 1.29 is 9.53 Å². The molecule has 7 nitrogen and oxygen atoms in total. The highest BCUT2D eigenvalue weighted by Crippen LogP contribution is 2.35. The maximum Gasteiger partial charge on any atom is 0.255 e. The number of pyridine rings is 1. The van der Waals surface area contributed by atoms with Crippen molar-refractivity contribution in [3.05, 3.63) is 33.7 Å². The number of likely N-dealkylation sites (tertiary alicyclic amines) is 2. The van der Waals surface area contributed by atoms with E-state index in [4.69, 9.17) is 4.74 Å². The highest BCUT2D eigenvalue weighted by molar-refractivity contribution is 5.78. The van der Waals surface area contributed by atoms with Crippen LogP contribution in [-0.4, -0.2) is 85.2 Å². The second-order valence-corrected chi connectivity index (χ2v) is 9.01. The predicted octanol–water partition coefficient (Wildman–Crippen LogP) is 0.968. The summed E-state index contributed by atoms with van der Waals surface area (Å²) in [5, 5.41) is 0. The van der Waals surface area contributed by atoms with Gasteiger partial charge in [0.05, 0.1) is 13.2 Å². The van der Waals surface area contributed by atoms with Crippen LogP contribution in [0.15, 0.2) is 16.9 Å². The summed E-state index contributed by atoms with van der Waals surface area (Å²) in [5.41, 5.74) is 2.08. The zero-order chi connectivity index (χ0) is 20.4. The van der Waals surface area contributed by atoms with Crippen LogP contribution in [0.4, 0.5) is 0 Å². The third-order valence-electron chi connectivity index (χ3n) is 6.71.